The van der Waals surface area contributed by atoms with Crippen LogP contribution in [0.5, 0.6) is 0 Å². The Bertz CT molecular complexity index is 1130. The van der Waals surface area contributed by atoms with Gasteiger partial charge in [0.05, 0.1) is 25.3 Å². The molecule has 2 unspecified atom stereocenters. The third-order valence-corrected chi connectivity index (χ3v) is 6.75. The third kappa shape index (κ3) is 5.81. The lowest BCUT2D eigenvalue weighted by atomic mass is 9.86. The lowest BCUT2D eigenvalue weighted by Crippen LogP contribution is -2.41. The van der Waals surface area contributed by atoms with Crippen molar-refractivity contribution in [2.75, 3.05) is 26.3 Å². The number of morpholine rings is 1. The molecule has 0 N–H and O–H groups in total. The van der Waals surface area contributed by atoms with Crippen LogP contribution in [0.1, 0.15) is 49.8 Å². The maximum Gasteiger partial charge on any atom is 0.173 e. The number of nitrogens with zero attached hydrogens (tertiary/aromatic N) is 5. The zero-order valence-corrected chi connectivity index (χ0v) is 21.7. The van der Waals surface area contributed by atoms with E-state index in [0.717, 1.165) is 30.0 Å². The summed E-state index contributed by atoms with van der Waals surface area (Å²) in [6.07, 6.45) is 4.11. The first kappa shape index (κ1) is 25.1. The highest BCUT2D eigenvalue weighted by molar-refractivity contribution is 6.35. The quantitative estimate of drug-likeness (QED) is 0.379. The van der Waals surface area contributed by atoms with E-state index in [4.69, 9.17) is 39.5 Å². The minimum atomic E-state index is -0.172. The largest absolute Gasteiger partial charge is 0.379 e. The highest BCUT2D eigenvalue weighted by Gasteiger charge is 2.34. The van der Waals surface area contributed by atoms with Gasteiger partial charge in [-0.15, -0.1) is 5.10 Å². The van der Waals surface area contributed by atoms with Crippen molar-refractivity contribution in [3.8, 4) is 0 Å². The number of halogens is 3. The molecular formula is C25H28Cl3N5O. The highest BCUT2D eigenvalue weighted by Crippen LogP contribution is 2.37. The standard InChI is InChI=1S/C25H28Cl3N5O/c1-25(2,3)22(11-7-17-4-10-20(27)16-21(17)28)33-24(29-30-31-33)23(32-12-14-34-15-13-32)18-5-8-19(26)9-6-18/h4-11,16,22-23H,12-15H2,1-3H3/b11-7-. The van der Waals surface area contributed by atoms with Crippen molar-refractivity contribution >= 4 is 40.9 Å². The molecule has 0 saturated carbocycles. The average molecular weight is 521 g/mol. The molecule has 1 fully saturated rings. The molecule has 6 nitrogen and oxygen atoms in total. The molecule has 0 spiro atoms. The van der Waals surface area contributed by atoms with Crippen molar-refractivity contribution in [3.05, 3.63) is 80.6 Å². The van der Waals surface area contributed by atoms with Crippen LogP contribution in [0.15, 0.2) is 48.5 Å². The van der Waals surface area contributed by atoms with Crippen molar-refractivity contribution < 1.29 is 4.74 Å². The van der Waals surface area contributed by atoms with Crippen molar-refractivity contribution in [1.29, 1.82) is 0 Å². The summed E-state index contributed by atoms with van der Waals surface area (Å²) in [7, 11) is 0. The molecule has 1 aliphatic rings. The van der Waals surface area contributed by atoms with Gasteiger partial charge in [-0.2, -0.15) is 0 Å². The summed E-state index contributed by atoms with van der Waals surface area (Å²) in [5.41, 5.74) is 1.80. The van der Waals surface area contributed by atoms with Gasteiger partial charge in [-0.25, -0.2) is 4.68 Å². The Kier molecular flexibility index (Phi) is 7.95. The molecular weight excluding hydrogens is 493 g/mol. The SMILES string of the molecule is CC(C)(C)C(/C=C\c1ccc(Cl)cc1Cl)n1nnnc1C(c1ccc(Cl)cc1)N1CCOCC1. The Morgan fingerprint density at radius 1 is 0.971 bits per heavy atom. The molecule has 180 valence electrons. The van der Waals surface area contributed by atoms with E-state index >= 15 is 0 Å². The van der Waals surface area contributed by atoms with Crippen molar-refractivity contribution in [3.63, 3.8) is 0 Å². The van der Waals surface area contributed by atoms with Gasteiger partial charge in [0.15, 0.2) is 5.82 Å². The summed E-state index contributed by atoms with van der Waals surface area (Å²) in [6, 6.07) is 13.1. The zero-order chi connectivity index (χ0) is 24.3. The number of tetrazole rings is 1. The second kappa shape index (κ2) is 10.8. The smallest absolute Gasteiger partial charge is 0.173 e. The fourth-order valence-electron chi connectivity index (χ4n) is 4.15. The number of ether oxygens (including phenoxy) is 1. The van der Waals surface area contributed by atoms with Crippen LogP contribution in [0.25, 0.3) is 6.08 Å². The van der Waals surface area contributed by atoms with Crippen LogP contribution in [-0.2, 0) is 4.74 Å². The van der Waals surface area contributed by atoms with Gasteiger partial charge in [0.25, 0.3) is 0 Å². The van der Waals surface area contributed by atoms with Gasteiger partial charge >= 0.3 is 0 Å². The summed E-state index contributed by atoms with van der Waals surface area (Å²) in [4.78, 5) is 2.36. The predicted octanol–water partition coefficient (Wildman–Crippen LogP) is 6.36. The van der Waals surface area contributed by atoms with Crippen LogP contribution in [-0.4, -0.2) is 51.4 Å². The van der Waals surface area contributed by atoms with Gasteiger partial charge in [-0.1, -0.05) is 85.9 Å². The summed E-state index contributed by atoms with van der Waals surface area (Å²) < 4.78 is 7.53. The fourth-order valence-corrected chi connectivity index (χ4v) is 4.75. The summed E-state index contributed by atoms with van der Waals surface area (Å²) >= 11 is 18.7. The Morgan fingerprint density at radius 3 is 2.29 bits per heavy atom. The Labute approximate surface area is 215 Å². The number of allylic oxidation sites excluding steroid dienone is 1. The van der Waals surface area contributed by atoms with E-state index < -0.39 is 0 Å². The van der Waals surface area contributed by atoms with Crippen LogP contribution >= 0.6 is 34.8 Å². The topological polar surface area (TPSA) is 56.1 Å². The lowest BCUT2D eigenvalue weighted by molar-refractivity contribution is 0.0210. The van der Waals surface area contributed by atoms with E-state index in [9.17, 15) is 0 Å². The second-order valence-electron chi connectivity index (χ2n) is 9.42. The van der Waals surface area contributed by atoms with E-state index in [2.05, 4.69) is 47.3 Å². The number of hydrogen-bond donors (Lipinski definition) is 0. The molecule has 0 aliphatic carbocycles. The predicted molar refractivity (Wildman–Crippen MR) is 137 cm³/mol. The summed E-state index contributed by atoms with van der Waals surface area (Å²) in [5, 5.41) is 15.0. The van der Waals surface area contributed by atoms with E-state index in [1.54, 1.807) is 6.07 Å². The van der Waals surface area contributed by atoms with Crippen molar-refractivity contribution in [2.45, 2.75) is 32.9 Å². The Morgan fingerprint density at radius 2 is 1.65 bits per heavy atom. The van der Waals surface area contributed by atoms with Gasteiger partial charge in [0, 0.05) is 28.2 Å². The minimum absolute atomic E-state index is 0.125. The molecule has 0 bridgehead atoms. The molecule has 2 aromatic carbocycles. The van der Waals surface area contributed by atoms with E-state index in [1.807, 2.05) is 47.2 Å². The molecule has 1 aliphatic heterocycles. The lowest BCUT2D eigenvalue weighted by Gasteiger charge is -2.36. The van der Waals surface area contributed by atoms with Gasteiger partial charge in [0.2, 0.25) is 0 Å². The third-order valence-electron chi connectivity index (χ3n) is 5.93. The van der Waals surface area contributed by atoms with E-state index in [0.29, 0.717) is 28.3 Å². The number of benzene rings is 2. The highest BCUT2D eigenvalue weighted by atomic mass is 35.5. The molecule has 34 heavy (non-hydrogen) atoms. The molecule has 0 radical (unpaired) electrons. The first-order valence-corrected chi connectivity index (χ1v) is 12.4. The van der Waals surface area contributed by atoms with Crippen LogP contribution in [0.2, 0.25) is 15.1 Å². The molecule has 1 saturated heterocycles. The molecule has 2 heterocycles. The normalized spacial score (nSPS) is 17.2. The Hall–Kier alpha value is -1.96. The number of hydrogen-bond acceptors (Lipinski definition) is 5. The molecule has 9 heteroatoms. The zero-order valence-electron chi connectivity index (χ0n) is 19.5. The molecule has 1 aromatic heterocycles. The summed E-state index contributed by atoms with van der Waals surface area (Å²) in [6.45, 7) is 9.43. The van der Waals surface area contributed by atoms with Gasteiger partial charge in [0.1, 0.15) is 0 Å². The van der Waals surface area contributed by atoms with Crippen molar-refractivity contribution in [1.82, 2.24) is 25.1 Å². The number of aromatic nitrogens is 4. The number of rotatable bonds is 6. The van der Waals surface area contributed by atoms with Crippen LogP contribution in [0, 0.1) is 5.41 Å². The first-order valence-electron chi connectivity index (χ1n) is 11.2. The molecule has 2 atom stereocenters. The molecule has 3 aromatic rings. The monoisotopic (exact) mass is 519 g/mol. The van der Waals surface area contributed by atoms with Crippen LogP contribution in [0.3, 0.4) is 0 Å². The first-order chi connectivity index (χ1) is 16.2. The van der Waals surface area contributed by atoms with Crippen LogP contribution < -0.4 is 0 Å². The fraction of sp³-hybridized carbons (Fsp3) is 0.400. The maximum absolute atomic E-state index is 6.42. The second-order valence-corrected chi connectivity index (χ2v) is 10.7. The van der Waals surface area contributed by atoms with Gasteiger partial charge in [-0.3, -0.25) is 4.90 Å². The minimum Gasteiger partial charge on any atom is -0.379 e. The van der Waals surface area contributed by atoms with Gasteiger partial charge in [-0.05, 0) is 51.2 Å². The van der Waals surface area contributed by atoms with Crippen LogP contribution in [0.4, 0.5) is 0 Å². The van der Waals surface area contributed by atoms with Gasteiger partial charge < -0.3 is 4.74 Å². The molecule has 0 amide bonds. The van der Waals surface area contributed by atoms with E-state index in [-0.39, 0.29) is 17.5 Å². The van der Waals surface area contributed by atoms with Crippen molar-refractivity contribution in [2.24, 2.45) is 5.41 Å². The maximum atomic E-state index is 6.42. The summed E-state index contributed by atoms with van der Waals surface area (Å²) in [5.74, 6) is 0.774. The average Bonchev–Trinajstić information content (AvgIpc) is 3.25. The molecule has 4 rings (SSSR count). The Balaban J connectivity index is 1.76. The van der Waals surface area contributed by atoms with E-state index in [1.165, 1.54) is 0 Å².